The highest BCUT2D eigenvalue weighted by atomic mass is 35.5. The fraction of sp³-hybridized carbons (Fsp3) is 0.167. The number of carbonyl (C=O) groups excluding carboxylic acids is 1. The van der Waals surface area contributed by atoms with Crippen LogP contribution in [0.2, 0.25) is 10.0 Å². The molecule has 31 heavy (non-hydrogen) atoms. The number of aliphatic hydroxyl groups is 1. The maximum absolute atomic E-state index is 13.7. The first-order chi connectivity index (χ1) is 14.9. The lowest BCUT2D eigenvalue weighted by molar-refractivity contribution is -0.141. The molecule has 0 saturated heterocycles. The molecule has 158 valence electrons. The number of carboxylic acids is 1. The quantitative estimate of drug-likeness (QED) is 0.561. The standard InChI is InChI=1S/C24H19Cl2NO4/c25-15-10-11-18(19(26)12-15)22-21(24(30)31)16-8-4-5-9-17(16)23(29)27(22)20(13-28)14-6-2-1-3-7-14/h1-12,20-22,28H,13H2,(H,30,31)/t20-,21+,22-/m1/s1. The zero-order chi connectivity index (χ0) is 22.1. The first kappa shape index (κ1) is 21.4. The second-order valence-corrected chi connectivity index (χ2v) is 8.18. The summed E-state index contributed by atoms with van der Waals surface area (Å²) in [4.78, 5) is 27.6. The van der Waals surface area contributed by atoms with E-state index in [2.05, 4.69) is 0 Å². The van der Waals surface area contributed by atoms with Crippen molar-refractivity contribution in [3.63, 3.8) is 0 Å². The molecule has 0 fully saturated rings. The fourth-order valence-electron chi connectivity index (χ4n) is 4.26. The molecule has 2 N–H and O–H groups in total. The van der Waals surface area contributed by atoms with Gasteiger partial charge in [0.2, 0.25) is 0 Å². The van der Waals surface area contributed by atoms with Crippen LogP contribution in [0.4, 0.5) is 0 Å². The van der Waals surface area contributed by atoms with Crippen molar-refractivity contribution in [1.29, 1.82) is 0 Å². The van der Waals surface area contributed by atoms with E-state index < -0.39 is 24.0 Å². The Labute approximate surface area is 189 Å². The number of hydrogen-bond acceptors (Lipinski definition) is 3. The Kier molecular flexibility index (Phi) is 6.01. The molecule has 0 aliphatic carbocycles. The molecule has 0 bridgehead atoms. The van der Waals surface area contributed by atoms with Gasteiger partial charge in [-0.2, -0.15) is 0 Å². The van der Waals surface area contributed by atoms with Gasteiger partial charge in [0.15, 0.2) is 0 Å². The molecule has 1 aliphatic heterocycles. The predicted octanol–water partition coefficient (Wildman–Crippen LogP) is 5.09. The smallest absolute Gasteiger partial charge is 0.313 e. The van der Waals surface area contributed by atoms with Crippen molar-refractivity contribution in [3.05, 3.63) is 105 Å². The van der Waals surface area contributed by atoms with E-state index in [1.165, 1.54) is 11.0 Å². The van der Waals surface area contributed by atoms with Gasteiger partial charge in [0.1, 0.15) is 5.92 Å². The third-order valence-electron chi connectivity index (χ3n) is 5.62. The molecule has 0 radical (unpaired) electrons. The van der Waals surface area contributed by atoms with Crippen LogP contribution in [0.1, 0.15) is 45.0 Å². The Balaban J connectivity index is 1.99. The van der Waals surface area contributed by atoms with E-state index in [0.29, 0.717) is 27.3 Å². The lowest BCUT2D eigenvalue weighted by Crippen LogP contribution is -2.47. The minimum atomic E-state index is -1.09. The van der Waals surface area contributed by atoms with Gasteiger partial charge in [0.05, 0.1) is 18.7 Å². The van der Waals surface area contributed by atoms with Crippen LogP contribution in [0.25, 0.3) is 0 Å². The Hall–Kier alpha value is -2.86. The summed E-state index contributed by atoms with van der Waals surface area (Å²) in [6.07, 6.45) is 0. The summed E-state index contributed by atoms with van der Waals surface area (Å²) in [7, 11) is 0. The summed E-state index contributed by atoms with van der Waals surface area (Å²) in [5.41, 5.74) is 1.86. The molecular formula is C24H19Cl2NO4. The first-order valence-electron chi connectivity index (χ1n) is 9.69. The lowest BCUT2D eigenvalue weighted by atomic mass is 9.78. The van der Waals surface area contributed by atoms with Crippen molar-refractivity contribution >= 4 is 35.1 Å². The van der Waals surface area contributed by atoms with E-state index in [0.717, 1.165) is 0 Å². The van der Waals surface area contributed by atoms with Crippen LogP contribution in [-0.2, 0) is 4.79 Å². The highest BCUT2D eigenvalue weighted by Gasteiger charge is 2.47. The molecular weight excluding hydrogens is 437 g/mol. The molecule has 0 spiro atoms. The summed E-state index contributed by atoms with van der Waals surface area (Å²) < 4.78 is 0. The maximum atomic E-state index is 13.7. The van der Waals surface area contributed by atoms with Crippen molar-refractivity contribution in [2.45, 2.75) is 18.0 Å². The van der Waals surface area contributed by atoms with Crippen molar-refractivity contribution in [1.82, 2.24) is 4.90 Å². The monoisotopic (exact) mass is 455 g/mol. The Morgan fingerprint density at radius 1 is 0.968 bits per heavy atom. The van der Waals surface area contributed by atoms with Crippen molar-refractivity contribution in [2.24, 2.45) is 0 Å². The van der Waals surface area contributed by atoms with Gasteiger partial charge in [-0.15, -0.1) is 0 Å². The zero-order valence-corrected chi connectivity index (χ0v) is 17.8. The summed E-state index contributed by atoms with van der Waals surface area (Å²) in [6, 6.07) is 18.8. The van der Waals surface area contributed by atoms with Crippen LogP contribution in [0.5, 0.6) is 0 Å². The summed E-state index contributed by atoms with van der Waals surface area (Å²) in [5, 5.41) is 21.2. The predicted molar refractivity (Wildman–Crippen MR) is 118 cm³/mol. The lowest BCUT2D eigenvalue weighted by Gasteiger charge is -2.44. The molecule has 4 rings (SSSR count). The van der Waals surface area contributed by atoms with Crippen LogP contribution in [0.15, 0.2) is 72.8 Å². The number of carboxylic acid groups (broad SMARTS) is 1. The number of aliphatic hydroxyl groups excluding tert-OH is 1. The minimum absolute atomic E-state index is 0.255. The number of halogens is 2. The average Bonchev–Trinajstić information content (AvgIpc) is 2.76. The Morgan fingerprint density at radius 3 is 2.29 bits per heavy atom. The van der Waals surface area contributed by atoms with Crippen LogP contribution in [0.3, 0.4) is 0 Å². The number of aliphatic carboxylic acids is 1. The molecule has 1 heterocycles. The maximum Gasteiger partial charge on any atom is 0.313 e. The van der Waals surface area contributed by atoms with E-state index in [1.807, 2.05) is 6.07 Å². The topological polar surface area (TPSA) is 77.8 Å². The van der Waals surface area contributed by atoms with E-state index in [9.17, 15) is 19.8 Å². The molecule has 0 unspecified atom stereocenters. The zero-order valence-electron chi connectivity index (χ0n) is 16.3. The Morgan fingerprint density at radius 2 is 1.65 bits per heavy atom. The molecule has 0 saturated carbocycles. The van der Waals surface area contributed by atoms with E-state index in [-0.39, 0.29) is 17.5 Å². The number of benzene rings is 3. The van der Waals surface area contributed by atoms with Crippen LogP contribution < -0.4 is 0 Å². The van der Waals surface area contributed by atoms with E-state index in [4.69, 9.17) is 23.2 Å². The number of rotatable bonds is 5. The number of carbonyl (C=O) groups is 2. The molecule has 1 amide bonds. The second-order valence-electron chi connectivity index (χ2n) is 7.34. The molecule has 3 aromatic carbocycles. The van der Waals surface area contributed by atoms with Gasteiger partial charge in [0.25, 0.3) is 5.91 Å². The summed E-state index contributed by atoms with van der Waals surface area (Å²) in [5.74, 6) is -2.54. The number of fused-ring (bicyclic) bond motifs is 1. The van der Waals surface area contributed by atoms with Crippen molar-refractivity contribution in [2.75, 3.05) is 6.61 Å². The highest BCUT2D eigenvalue weighted by molar-refractivity contribution is 6.35. The fourth-order valence-corrected chi connectivity index (χ4v) is 4.78. The molecule has 3 aromatic rings. The Bertz CT molecular complexity index is 1140. The van der Waals surface area contributed by atoms with Gasteiger partial charge in [-0.25, -0.2) is 0 Å². The molecule has 7 heteroatoms. The average molecular weight is 456 g/mol. The van der Waals surface area contributed by atoms with Gasteiger partial charge in [-0.05, 0) is 34.9 Å². The van der Waals surface area contributed by atoms with Crippen molar-refractivity contribution < 1.29 is 19.8 Å². The normalized spacial score (nSPS) is 19.1. The van der Waals surface area contributed by atoms with Crippen LogP contribution >= 0.6 is 23.2 Å². The highest BCUT2D eigenvalue weighted by Crippen LogP contribution is 2.48. The SMILES string of the molecule is O=C(O)[C@H]1c2ccccc2C(=O)N([C@H](CO)c2ccccc2)[C@@H]1c1ccc(Cl)cc1Cl. The molecule has 5 nitrogen and oxygen atoms in total. The second kappa shape index (κ2) is 8.71. The number of nitrogens with zero attached hydrogens (tertiary/aromatic N) is 1. The third kappa shape index (κ3) is 3.81. The van der Waals surface area contributed by atoms with Gasteiger partial charge in [-0.1, -0.05) is 77.8 Å². The van der Waals surface area contributed by atoms with Gasteiger partial charge in [0, 0.05) is 15.6 Å². The van der Waals surface area contributed by atoms with E-state index in [1.54, 1.807) is 60.7 Å². The van der Waals surface area contributed by atoms with E-state index >= 15 is 0 Å². The number of amides is 1. The van der Waals surface area contributed by atoms with Gasteiger partial charge in [-0.3, -0.25) is 9.59 Å². The first-order valence-corrected chi connectivity index (χ1v) is 10.4. The minimum Gasteiger partial charge on any atom is -0.481 e. The summed E-state index contributed by atoms with van der Waals surface area (Å²) >= 11 is 12.6. The van der Waals surface area contributed by atoms with Crippen LogP contribution in [0, 0.1) is 0 Å². The largest absolute Gasteiger partial charge is 0.481 e. The number of hydrogen-bond donors (Lipinski definition) is 2. The molecule has 0 aromatic heterocycles. The summed E-state index contributed by atoms with van der Waals surface area (Å²) in [6.45, 7) is -0.383. The van der Waals surface area contributed by atoms with Crippen LogP contribution in [-0.4, -0.2) is 33.6 Å². The molecule has 1 aliphatic rings. The third-order valence-corrected chi connectivity index (χ3v) is 6.18. The molecule has 3 atom stereocenters. The van der Waals surface area contributed by atoms with Crippen molar-refractivity contribution in [3.8, 4) is 0 Å². The van der Waals surface area contributed by atoms with Gasteiger partial charge >= 0.3 is 5.97 Å². The van der Waals surface area contributed by atoms with Gasteiger partial charge < -0.3 is 15.1 Å².